The molecule has 6 heterocycles. The van der Waals surface area contributed by atoms with Crippen LogP contribution in [0.25, 0.3) is 32.6 Å². The Morgan fingerprint density at radius 1 is 0.663 bits per heavy atom. The van der Waals surface area contributed by atoms with Gasteiger partial charge in [0.1, 0.15) is 17.2 Å². The largest absolute Gasteiger partial charge is 0.426 e. The fourth-order valence-corrected chi connectivity index (χ4v) is 14.2. The van der Waals surface area contributed by atoms with Crippen LogP contribution < -0.4 is 45.7 Å². The number of sulfonamides is 1. The molecule has 5 unspecified atom stereocenters. The monoisotopic (exact) mass is 1240 g/mol. The van der Waals surface area contributed by atoms with Gasteiger partial charge in [-0.3, -0.25) is 43.9 Å². The van der Waals surface area contributed by atoms with Gasteiger partial charge in [-0.05, 0) is 92.8 Å². The van der Waals surface area contributed by atoms with Crippen LogP contribution in [0, 0.1) is 11.8 Å². The number of benzene rings is 4. The van der Waals surface area contributed by atoms with E-state index in [1.165, 1.54) is 49.3 Å². The second kappa shape index (κ2) is 29.7. The lowest BCUT2D eigenvalue weighted by molar-refractivity contribution is -0.135. The van der Waals surface area contributed by atoms with Crippen LogP contribution in [-0.4, -0.2) is 124 Å². The van der Waals surface area contributed by atoms with Gasteiger partial charge in [0.05, 0.1) is 51.7 Å². The van der Waals surface area contributed by atoms with Gasteiger partial charge < -0.3 is 41.0 Å². The zero-order chi connectivity index (χ0) is 62.3. The molecule has 10 rings (SSSR count). The fraction of sp³-hybridized carbons (Fsp3) is 0.344. The molecular formula is C64H69N13O10S2. The highest BCUT2D eigenvalue weighted by atomic mass is 32.2. The molecule has 4 aromatic carbocycles. The van der Waals surface area contributed by atoms with Crippen molar-refractivity contribution < 1.29 is 46.7 Å². The summed E-state index contributed by atoms with van der Waals surface area (Å²) >= 11 is 1.82. The summed E-state index contributed by atoms with van der Waals surface area (Å²) in [5, 5.41) is 17.5. The number of hydrogen-bond acceptors (Lipinski definition) is 18. The van der Waals surface area contributed by atoms with Crippen LogP contribution in [0.2, 0.25) is 0 Å². The molecule has 2 saturated heterocycles. The Kier molecular flexibility index (Phi) is 20.9. The van der Waals surface area contributed by atoms with Gasteiger partial charge >= 0.3 is 18.0 Å². The van der Waals surface area contributed by atoms with Crippen LogP contribution in [0.5, 0.6) is 11.5 Å². The second-order valence-corrected chi connectivity index (χ2v) is 25.2. The molecular weight excluding hydrogens is 1170 g/mol. The van der Waals surface area contributed by atoms with Gasteiger partial charge in [-0.2, -0.15) is 11.8 Å². The van der Waals surface area contributed by atoms with Gasteiger partial charge in [0.2, 0.25) is 15.9 Å². The molecule has 0 radical (unpaired) electrons. The minimum atomic E-state index is -4.14. The third-order valence-corrected chi connectivity index (χ3v) is 18.8. The third kappa shape index (κ3) is 16.5. The predicted octanol–water partition coefficient (Wildman–Crippen LogP) is 8.77. The number of urea groups is 1. The second-order valence-electron chi connectivity index (χ2n) is 22.2. The van der Waals surface area contributed by atoms with Crippen molar-refractivity contribution in [3.8, 4) is 11.5 Å². The van der Waals surface area contributed by atoms with Gasteiger partial charge in [-0.25, -0.2) is 27.9 Å². The molecule has 8 aromatic rings. The van der Waals surface area contributed by atoms with Crippen LogP contribution in [0.15, 0.2) is 139 Å². The van der Waals surface area contributed by atoms with E-state index >= 15 is 0 Å². The molecule has 6 N–H and O–H groups in total. The number of unbranched alkanes of at least 4 members (excludes halogenated alkanes) is 3. The van der Waals surface area contributed by atoms with Gasteiger partial charge in [0.15, 0.2) is 5.82 Å². The minimum Gasteiger partial charge on any atom is -0.426 e. The molecule has 0 spiro atoms. The molecule has 4 aromatic heterocycles. The maximum absolute atomic E-state index is 14.6. The maximum atomic E-state index is 14.6. The number of nitrogens with zero attached hydrogens (tertiary/aromatic N) is 7. The number of anilines is 3. The molecule has 0 aliphatic carbocycles. The number of pyridine rings is 2. The number of esters is 2. The van der Waals surface area contributed by atoms with E-state index in [1.54, 1.807) is 67.0 Å². The Balaban J connectivity index is 0.839. The normalized spacial score (nSPS) is 16.0. The minimum absolute atomic E-state index is 0.00860. The van der Waals surface area contributed by atoms with E-state index in [2.05, 4.69) is 61.2 Å². The summed E-state index contributed by atoms with van der Waals surface area (Å²) in [5.74, 6) is -1.55. The molecule has 462 valence electrons. The number of hydrogen-bond donors (Lipinski definition) is 6. The number of ether oxygens (including phenoxy) is 2. The van der Waals surface area contributed by atoms with Gasteiger partial charge in [0.25, 0.3) is 11.8 Å². The first-order valence-corrected chi connectivity index (χ1v) is 32.2. The fourth-order valence-electron chi connectivity index (χ4n) is 11.4. The average Bonchev–Trinajstić information content (AvgIpc) is 1.78. The van der Waals surface area contributed by atoms with Crippen LogP contribution in [0.4, 0.5) is 22.0 Å². The summed E-state index contributed by atoms with van der Waals surface area (Å²) in [6.45, 7) is 0.193. The standard InChI is InChI=1S/C64H69N13O10S2/c1-77(2)52-19-9-18-47-46(52)17-10-21-54(47)89(84,85)72-36-43(14-4-8-23-57(79)86-44-31-40-15-11-25-69-59(40)48(33-44)62(81)75-55-38-66-28-30-68-55)42(35-71-56(78)22-6-5-20-53-61-51(39-88-53)74-64(83)76-61)13-3-7-24-58(80)87-45-32-41-16-12-26-70-60(41)49(34-45)73-63(82)50-37-65-27-29-67-50/h9-12,15-19,21,25-34,37-38,42-43,51,53,61,72H,3-8,13-14,20,22-24,35-36,39H2,1-2H3,(H,71,78)(H,73,82)(H,68,75,81)(H2,74,76,83). The zero-order valence-corrected chi connectivity index (χ0v) is 50.9. The van der Waals surface area contributed by atoms with Crippen molar-refractivity contribution in [2.75, 3.05) is 48.5 Å². The first-order chi connectivity index (χ1) is 43.1. The van der Waals surface area contributed by atoms with Crippen molar-refractivity contribution in [1.29, 1.82) is 0 Å². The summed E-state index contributed by atoms with van der Waals surface area (Å²) < 4.78 is 43.8. The first-order valence-electron chi connectivity index (χ1n) is 29.6. The molecule has 2 fully saturated rings. The Labute approximate surface area is 518 Å². The summed E-state index contributed by atoms with van der Waals surface area (Å²) in [5.41, 5.74) is 2.28. The van der Waals surface area contributed by atoms with Crippen molar-refractivity contribution in [1.82, 2.24) is 50.6 Å². The number of rotatable bonds is 29. The first kappa shape index (κ1) is 62.8. The lowest BCUT2D eigenvalue weighted by Crippen LogP contribution is -2.38. The summed E-state index contributed by atoms with van der Waals surface area (Å²) in [6.07, 6.45) is 16.8. The van der Waals surface area contributed by atoms with E-state index in [1.807, 2.05) is 49.0 Å². The lowest BCUT2D eigenvalue weighted by atomic mass is 9.83. The molecule has 5 atom stereocenters. The summed E-state index contributed by atoms with van der Waals surface area (Å²) in [7, 11) is -0.348. The Bertz CT molecular complexity index is 3980. The van der Waals surface area contributed by atoms with Crippen molar-refractivity contribution in [3.63, 3.8) is 0 Å². The van der Waals surface area contributed by atoms with Crippen LogP contribution in [0.3, 0.4) is 0 Å². The number of aromatic nitrogens is 6. The SMILES string of the molecule is CN(C)c1cccc2c(S(=O)(=O)NCC(CCCCC(=O)Oc3cc(C(=O)Nc4cnccn4)c4ncccc4c3)C(CCCCC(=O)Oc3cc(NC(=O)c4cnccn4)c4ncccc4c3)CNC(=O)CCCCC3SCC4NC(=O)NC43)cccc12. The van der Waals surface area contributed by atoms with Gasteiger partial charge in [0, 0.05) is 128 Å². The van der Waals surface area contributed by atoms with Gasteiger partial charge in [-0.1, -0.05) is 55.7 Å². The summed E-state index contributed by atoms with van der Waals surface area (Å²) in [6, 6.07) is 24.0. The van der Waals surface area contributed by atoms with E-state index in [0.29, 0.717) is 77.8 Å². The molecule has 89 heavy (non-hydrogen) atoms. The van der Waals surface area contributed by atoms with E-state index in [0.717, 1.165) is 29.7 Å². The highest BCUT2D eigenvalue weighted by molar-refractivity contribution is 8.00. The highest BCUT2D eigenvalue weighted by Gasteiger charge is 2.42. The topological polar surface area (TPSA) is 308 Å². The van der Waals surface area contributed by atoms with Crippen molar-refractivity contribution in [2.45, 2.75) is 99.3 Å². The molecule has 23 nitrogen and oxygen atoms in total. The molecule has 25 heteroatoms. The molecule has 2 aliphatic heterocycles. The van der Waals surface area contributed by atoms with Gasteiger partial charge in [-0.15, -0.1) is 0 Å². The lowest BCUT2D eigenvalue weighted by Gasteiger charge is -2.28. The van der Waals surface area contributed by atoms with E-state index in [9.17, 15) is 37.2 Å². The number of carbonyl (C=O) groups excluding carboxylic acids is 6. The number of amides is 5. The average molecular weight is 1240 g/mol. The van der Waals surface area contributed by atoms with Crippen LogP contribution in [0.1, 0.15) is 97.9 Å². The maximum Gasteiger partial charge on any atom is 0.315 e. The highest BCUT2D eigenvalue weighted by Crippen LogP contribution is 2.35. The summed E-state index contributed by atoms with van der Waals surface area (Å²) in [4.78, 5) is 107. The van der Waals surface area contributed by atoms with E-state index in [-0.39, 0.29) is 107 Å². The predicted molar refractivity (Wildman–Crippen MR) is 339 cm³/mol. The quantitative estimate of drug-likeness (QED) is 0.0110. The van der Waals surface area contributed by atoms with E-state index < -0.39 is 33.8 Å². The number of thioether (sulfide) groups is 1. The smallest absolute Gasteiger partial charge is 0.315 e. The number of nitrogens with one attached hydrogen (secondary N) is 6. The zero-order valence-electron chi connectivity index (χ0n) is 49.2. The van der Waals surface area contributed by atoms with Crippen molar-refractivity contribution >= 4 is 107 Å². The number of fused-ring (bicyclic) bond motifs is 4. The van der Waals surface area contributed by atoms with Crippen molar-refractivity contribution in [3.05, 3.63) is 146 Å². The Morgan fingerprint density at radius 3 is 2.03 bits per heavy atom. The Hall–Kier alpha value is -9.20. The van der Waals surface area contributed by atoms with Crippen molar-refractivity contribution in [2.24, 2.45) is 11.8 Å². The third-order valence-electron chi connectivity index (χ3n) is 15.8. The molecule has 2 aliphatic rings. The Morgan fingerprint density at radius 2 is 1.33 bits per heavy atom. The van der Waals surface area contributed by atoms with Crippen LogP contribution in [-0.2, 0) is 24.4 Å². The van der Waals surface area contributed by atoms with Crippen LogP contribution >= 0.6 is 11.8 Å². The molecule has 5 amide bonds. The van der Waals surface area contributed by atoms with E-state index in [4.69, 9.17) is 9.47 Å². The number of carbonyl (C=O) groups is 6. The molecule has 0 bridgehead atoms. The molecule has 0 saturated carbocycles.